The van der Waals surface area contributed by atoms with E-state index in [2.05, 4.69) is 11.4 Å². The molecule has 0 unspecified atom stereocenters. The zero-order valence-corrected chi connectivity index (χ0v) is 11.8. The molecule has 0 spiro atoms. The summed E-state index contributed by atoms with van der Waals surface area (Å²) in [4.78, 5) is 13.0. The highest BCUT2D eigenvalue weighted by atomic mass is 32.1. The van der Waals surface area contributed by atoms with Crippen molar-refractivity contribution >= 4 is 17.3 Å². The average molecular weight is 255 g/mol. The highest BCUT2D eigenvalue weighted by Gasteiger charge is 2.21. The summed E-state index contributed by atoms with van der Waals surface area (Å²) in [6.45, 7) is 9.00. The Morgan fingerprint density at radius 3 is 2.76 bits per heavy atom. The Labute approximate surface area is 107 Å². The van der Waals surface area contributed by atoms with Gasteiger partial charge in [-0.25, -0.2) is 0 Å². The molecule has 17 heavy (non-hydrogen) atoms. The summed E-state index contributed by atoms with van der Waals surface area (Å²) >= 11 is 1.71. The highest BCUT2D eigenvalue weighted by Crippen LogP contribution is 2.11. The van der Waals surface area contributed by atoms with E-state index >= 15 is 0 Å². The summed E-state index contributed by atoms with van der Waals surface area (Å²) in [5.41, 5.74) is -0.404. The number of nitrogens with one attached hydrogen (secondary N) is 1. The van der Waals surface area contributed by atoms with Crippen molar-refractivity contribution in [3.05, 3.63) is 22.4 Å². The molecular formula is C13H21NO2S. The molecule has 0 bridgehead atoms. The summed E-state index contributed by atoms with van der Waals surface area (Å²) in [7, 11) is 0. The maximum absolute atomic E-state index is 11.7. The Morgan fingerprint density at radius 2 is 2.24 bits per heavy atom. The smallest absolute Gasteiger partial charge is 0.310 e. The number of thiophene rings is 1. The molecule has 1 rings (SSSR count). The molecule has 3 nitrogen and oxygen atoms in total. The van der Waals surface area contributed by atoms with E-state index in [9.17, 15) is 4.79 Å². The second kappa shape index (κ2) is 6.17. The van der Waals surface area contributed by atoms with Gasteiger partial charge in [-0.2, -0.15) is 0 Å². The third-order valence-corrected chi connectivity index (χ3v) is 3.02. The van der Waals surface area contributed by atoms with Crippen molar-refractivity contribution < 1.29 is 9.53 Å². The van der Waals surface area contributed by atoms with Crippen LogP contribution in [0.15, 0.2) is 17.5 Å². The minimum absolute atomic E-state index is 0.116. The molecule has 0 radical (unpaired) electrons. The topological polar surface area (TPSA) is 38.3 Å². The minimum Gasteiger partial charge on any atom is -0.460 e. The van der Waals surface area contributed by atoms with Crippen molar-refractivity contribution in [3.63, 3.8) is 0 Å². The molecule has 0 aliphatic rings. The quantitative estimate of drug-likeness (QED) is 0.822. The summed E-state index contributed by atoms with van der Waals surface area (Å²) in [5.74, 6) is -0.259. The van der Waals surface area contributed by atoms with Crippen LogP contribution in [-0.4, -0.2) is 18.1 Å². The number of hydrogen-bond acceptors (Lipinski definition) is 4. The van der Waals surface area contributed by atoms with E-state index in [4.69, 9.17) is 4.74 Å². The molecule has 1 atom stereocenters. The Hall–Kier alpha value is -0.870. The lowest BCUT2D eigenvalue weighted by atomic mass is 10.1. The number of carbonyl (C=O) groups is 1. The van der Waals surface area contributed by atoms with Crippen LogP contribution in [0.3, 0.4) is 0 Å². The molecule has 1 N–H and O–H groups in total. The van der Waals surface area contributed by atoms with Crippen LogP contribution < -0.4 is 5.32 Å². The fraction of sp³-hybridized carbons (Fsp3) is 0.615. The molecule has 1 aromatic heterocycles. The zero-order chi connectivity index (χ0) is 12.9. The lowest BCUT2D eigenvalue weighted by Crippen LogP contribution is -2.32. The highest BCUT2D eigenvalue weighted by molar-refractivity contribution is 7.09. The van der Waals surface area contributed by atoms with Crippen molar-refractivity contribution in [1.82, 2.24) is 5.32 Å². The number of carbonyl (C=O) groups excluding carboxylic acids is 1. The van der Waals surface area contributed by atoms with Crippen LogP contribution in [0.5, 0.6) is 0 Å². The first-order valence-electron chi connectivity index (χ1n) is 5.84. The fourth-order valence-corrected chi connectivity index (χ4v) is 1.99. The lowest BCUT2D eigenvalue weighted by Gasteiger charge is -2.22. The van der Waals surface area contributed by atoms with Gasteiger partial charge in [-0.05, 0) is 32.2 Å². The van der Waals surface area contributed by atoms with Gasteiger partial charge in [0.2, 0.25) is 0 Å². The fourth-order valence-electron chi connectivity index (χ4n) is 1.31. The van der Waals surface area contributed by atoms with E-state index in [1.165, 1.54) is 4.88 Å². The molecule has 0 aliphatic heterocycles. The van der Waals surface area contributed by atoms with Crippen LogP contribution in [-0.2, 0) is 16.1 Å². The van der Waals surface area contributed by atoms with Crippen molar-refractivity contribution in [2.45, 2.75) is 39.8 Å². The minimum atomic E-state index is -0.404. The Balaban J connectivity index is 2.25. The van der Waals surface area contributed by atoms with Gasteiger partial charge in [0.05, 0.1) is 5.92 Å². The molecule has 0 saturated carbocycles. The van der Waals surface area contributed by atoms with Gasteiger partial charge in [-0.1, -0.05) is 13.0 Å². The summed E-state index contributed by atoms with van der Waals surface area (Å²) in [6.07, 6.45) is 0. The standard InChI is InChI=1S/C13H21NO2S/c1-10(12(15)16-13(2,3)4)8-14-9-11-6-5-7-17-11/h5-7,10,14H,8-9H2,1-4H3/t10-/m1/s1. The predicted molar refractivity (Wildman–Crippen MR) is 71.0 cm³/mol. The molecule has 0 aromatic carbocycles. The molecule has 96 valence electrons. The van der Waals surface area contributed by atoms with E-state index < -0.39 is 5.60 Å². The first-order valence-corrected chi connectivity index (χ1v) is 6.72. The second-order valence-electron chi connectivity index (χ2n) is 5.14. The van der Waals surface area contributed by atoms with Gasteiger partial charge in [-0.3, -0.25) is 4.79 Å². The normalized spacial score (nSPS) is 13.4. The Bertz CT molecular complexity index is 341. The van der Waals surface area contributed by atoms with E-state index in [1.54, 1.807) is 11.3 Å². The summed E-state index contributed by atoms with van der Waals surface area (Å²) in [5, 5.41) is 5.31. The predicted octanol–water partition coefficient (Wildman–Crippen LogP) is 2.82. The van der Waals surface area contributed by atoms with Crippen LogP contribution in [0.25, 0.3) is 0 Å². The monoisotopic (exact) mass is 255 g/mol. The van der Waals surface area contributed by atoms with Gasteiger partial charge in [0.25, 0.3) is 0 Å². The first kappa shape index (κ1) is 14.2. The maximum atomic E-state index is 11.7. The van der Waals surface area contributed by atoms with Crippen molar-refractivity contribution in [2.75, 3.05) is 6.54 Å². The Kier molecular flexibility index (Phi) is 5.15. The molecule has 4 heteroatoms. The van der Waals surface area contributed by atoms with Gasteiger partial charge >= 0.3 is 5.97 Å². The van der Waals surface area contributed by atoms with Crippen LogP contribution >= 0.6 is 11.3 Å². The molecular weight excluding hydrogens is 234 g/mol. The molecule has 0 amide bonds. The second-order valence-corrected chi connectivity index (χ2v) is 6.18. The summed E-state index contributed by atoms with van der Waals surface area (Å²) in [6, 6.07) is 4.11. The van der Waals surface area contributed by atoms with E-state index in [0.29, 0.717) is 6.54 Å². The maximum Gasteiger partial charge on any atom is 0.310 e. The first-order chi connectivity index (χ1) is 7.88. The molecule has 1 heterocycles. The van der Waals surface area contributed by atoms with Crippen LogP contribution in [0.1, 0.15) is 32.6 Å². The Morgan fingerprint density at radius 1 is 1.53 bits per heavy atom. The number of ether oxygens (including phenoxy) is 1. The van der Waals surface area contributed by atoms with Gasteiger partial charge in [0, 0.05) is 18.0 Å². The summed E-state index contributed by atoms with van der Waals surface area (Å²) < 4.78 is 5.31. The van der Waals surface area contributed by atoms with Crippen LogP contribution in [0, 0.1) is 5.92 Å². The van der Waals surface area contributed by atoms with Crippen molar-refractivity contribution in [1.29, 1.82) is 0 Å². The van der Waals surface area contributed by atoms with Gasteiger partial charge in [-0.15, -0.1) is 11.3 Å². The third-order valence-electron chi connectivity index (χ3n) is 2.14. The third kappa shape index (κ3) is 5.84. The van der Waals surface area contributed by atoms with E-state index in [1.807, 2.05) is 39.1 Å². The van der Waals surface area contributed by atoms with Gasteiger partial charge < -0.3 is 10.1 Å². The van der Waals surface area contributed by atoms with Crippen molar-refractivity contribution in [3.8, 4) is 0 Å². The lowest BCUT2D eigenvalue weighted by molar-refractivity contribution is -0.159. The van der Waals surface area contributed by atoms with E-state index in [0.717, 1.165) is 6.54 Å². The zero-order valence-electron chi connectivity index (χ0n) is 10.9. The van der Waals surface area contributed by atoms with Crippen molar-refractivity contribution in [2.24, 2.45) is 5.92 Å². The number of esters is 1. The average Bonchev–Trinajstić information content (AvgIpc) is 2.67. The largest absolute Gasteiger partial charge is 0.460 e. The molecule has 0 saturated heterocycles. The molecule has 1 aromatic rings. The number of rotatable bonds is 5. The SMILES string of the molecule is C[C@H](CNCc1cccs1)C(=O)OC(C)(C)C. The van der Waals surface area contributed by atoms with E-state index in [-0.39, 0.29) is 11.9 Å². The van der Waals surface area contributed by atoms with Gasteiger partial charge in [0.15, 0.2) is 0 Å². The molecule has 0 aliphatic carbocycles. The van der Waals surface area contributed by atoms with Crippen LogP contribution in [0.2, 0.25) is 0 Å². The van der Waals surface area contributed by atoms with Gasteiger partial charge in [0.1, 0.15) is 5.60 Å². The van der Waals surface area contributed by atoms with Crippen LogP contribution in [0.4, 0.5) is 0 Å². The number of hydrogen-bond donors (Lipinski definition) is 1. The molecule has 0 fully saturated rings.